The molecule has 2 rings (SSSR count). The molecule has 0 bridgehead atoms. The Balaban J connectivity index is 2.07. The van der Waals surface area contributed by atoms with E-state index in [4.69, 9.17) is 14.4 Å². The van der Waals surface area contributed by atoms with Crippen LogP contribution >= 0.6 is 0 Å². The first-order valence-corrected chi connectivity index (χ1v) is 6.63. The Morgan fingerprint density at radius 3 is 3.00 bits per heavy atom. The van der Waals surface area contributed by atoms with Gasteiger partial charge in [-0.3, -0.25) is 4.79 Å². The Morgan fingerprint density at radius 1 is 1.60 bits per heavy atom. The molecule has 7 heteroatoms. The molecule has 2 unspecified atom stereocenters. The van der Waals surface area contributed by atoms with Gasteiger partial charge in [-0.2, -0.15) is 0 Å². The van der Waals surface area contributed by atoms with Gasteiger partial charge >= 0.3 is 5.97 Å². The van der Waals surface area contributed by atoms with Crippen molar-refractivity contribution in [1.82, 2.24) is 10.1 Å². The Bertz CT molecular complexity index is 499. The second-order valence-corrected chi connectivity index (χ2v) is 4.87. The number of aromatic nitrogens is 1. The smallest absolute Gasteiger partial charge is 0.334 e. The van der Waals surface area contributed by atoms with Gasteiger partial charge in [0.05, 0.1) is 18.8 Å². The largest absolute Gasteiger partial charge is 0.479 e. The average Bonchev–Trinajstić information content (AvgIpc) is 2.95. The molecule has 1 fully saturated rings. The number of hydrogen-bond acceptors (Lipinski definition) is 5. The zero-order valence-electron chi connectivity index (χ0n) is 11.5. The Hall–Kier alpha value is -1.89. The maximum Gasteiger partial charge on any atom is 0.334 e. The molecule has 1 aliphatic heterocycles. The van der Waals surface area contributed by atoms with Crippen LogP contribution in [-0.2, 0) is 9.53 Å². The van der Waals surface area contributed by atoms with Gasteiger partial charge in [0.15, 0.2) is 6.10 Å². The van der Waals surface area contributed by atoms with Crippen LogP contribution in [-0.4, -0.2) is 52.8 Å². The van der Waals surface area contributed by atoms with Gasteiger partial charge in [-0.05, 0) is 6.42 Å². The predicted molar refractivity (Wildman–Crippen MR) is 68.5 cm³/mol. The van der Waals surface area contributed by atoms with E-state index in [1.807, 2.05) is 13.8 Å². The lowest BCUT2D eigenvalue weighted by molar-refractivity contribution is -0.154. The van der Waals surface area contributed by atoms with Crippen molar-refractivity contribution >= 4 is 11.9 Å². The number of carboxylic acid groups (broad SMARTS) is 1. The van der Waals surface area contributed by atoms with E-state index in [0.29, 0.717) is 6.54 Å². The molecule has 0 radical (unpaired) electrons. The lowest BCUT2D eigenvalue weighted by Crippen LogP contribution is -2.48. The number of carbonyl (C=O) groups excluding carboxylic acids is 1. The fourth-order valence-electron chi connectivity index (χ4n) is 1.97. The van der Waals surface area contributed by atoms with Crippen molar-refractivity contribution in [3.05, 3.63) is 17.5 Å². The molecule has 0 aromatic carbocycles. The summed E-state index contributed by atoms with van der Waals surface area (Å²) in [6.07, 6.45) is -0.0802. The van der Waals surface area contributed by atoms with Gasteiger partial charge < -0.3 is 19.3 Å². The number of amides is 1. The van der Waals surface area contributed by atoms with Gasteiger partial charge in [0.1, 0.15) is 0 Å². The van der Waals surface area contributed by atoms with Crippen LogP contribution in [0.2, 0.25) is 0 Å². The van der Waals surface area contributed by atoms with E-state index in [-0.39, 0.29) is 30.7 Å². The third-order valence-electron chi connectivity index (χ3n) is 3.49. The van der Waals surface area contributed by atoms with Gasteiger partial charge in [-0.1, -0.05) is 19.0 Å². The molecule has 0 spiro atoms. The van der Waals surface area contributed by atoms with Crippen molar-refractivity contribution < 1.29 is 24.0 Å². The fourth-order valence-corrected chi connectivity index (χ4v) is 1.97. The fraction of sp³-hybridized carbons (Fsp3) is 0.615. The summed E-state index contributed by atoms with van der Waals surface area (Å²) < 4.78 is 10.1. The molecule has 0 aliphatic carbocycles. The first-order valence-electron chi connectivity index (χ1n) is 6.63. The average molecular weight is 282 g/mol. The van der Waals surface area contributed by atoms with E-state index < -0.39 is 12.1 Å². The van der Waals surface area contributed by atoms with Crippen LogP contribution in [0.15, 0.2) is 10.6 Å². The molecular formula is C13H18N2O5. The SMILES string of the molecule is CCC(C)c1cc(C(=O)N2CCOC(C(=O)O)C2)on1. The molecule has 1 N–H and O–H groups in total. The number of carbonyl (C=O) groups is 2. The minimum Gasteiger partial charge on any atom is -0.479 e. The molecule has 2 heterocycles. The summed E-state index contributed by atoms with van der Waals surface area (Å²) in [5.74, 6) is -1.05. The minimum absolute atomic E-state index is 0.0214. The molecule has 1 aromatic heterocycles. The number of rotatable bonds is 4. The minimum atomic E-state index is -1.07. The third-order valence-corrected chi connectivity index (χ3v) is 3.49. The lowest BCUT2D eigenvalue weighted by Gasteiger charge is -2.29. The molecular weight excluding hydrogens is 264 g/mol. The van der Waals surface area contributed by atoms with Crippen LogP contribution in [0, 0.1) is 0 Å². The standard InChI is InChI=1S/C13H18N2O5/c1-3-8(2)9-6-10(20-14-9)12(16)15-4-5-19-11(7-15)13(17)18/h6,8,11H,3-5,7H2,1-2H3,(H,17,18). The second kappa shape index (κ2) is 6.04. The van der Waals surface area contributed by atoms with Gasteiger partial charge in [0.2, 0.25) is 5.76 Å². The second-order valence-electron chi connectivity index (χ2n) is 4.87. The van der Waals surface area contributed by atoms with Crippen LogP contribution in [0.5, 0.6) is 0 Å². The highest BCUT2D eigenvalue weighted by molar-refractivity contribution is 5.92. The van der Waals surface area contributed by atoms with Crippen LogP contribution < -0.4 is 0 Å². The maximum absolute atomic E-state index is 12.2. The monoisotopic (exact) mass is 282 g/mol. The first kappa shape index (κ1) is 14.5. The van der Waals surface area contributed by atoms with E-state index >= 15 is 0 Å². The van der Waals surface area contributed by atoms with Crippen molar-refractivity contribution in [2.24, 2.45) is 0 Å². The lowest BCUT2D eigenvalue weighted by atomic mass is 10.1. The maximum atomic E-state index is 12.2. The summed E-state index contributed by atoms with van der Waals surface area (Å²) in [5, 5.41) is 12.8. The van der Waals surface area contributed by atoms with Crippen molar-refractivity contribution in [3.8, 4) is 0 Å². The highest BCUT2D eigenvalue weighted by Gasteiger charge is 2.31. The van der Waals surface area contributed by atoms with E-state index in [0.717, 1.165) is 12.1 Å². The first-order chi connectivity index (χ1) is 9.52. The zero-order valence-corrected chi connectivity index (χ0v) is 11.5. The van der Waals surface area contributed by atoms with Gasteiger partial charge in [-0.25, -0.2) is 4.79 Å². The topological polar surface area (TPSA) is 92.9 Å². The molecule has 20 heavy (non-hydrogen) atoms. The molecule has 1 aliphatic rings. The molecule has 1 aromatic rings. The molecule has 2 atom stereocenters. The van der Waals surface area contributed by atoms with Gasteiger partial charge in [0, 0.05) is 18.5 Å². The number of carboxylic acids is 1. The summed E-state index contributed by atoms with van der Waals surface area (Å²) in [7, 11) is 0. The molecule has 1 saturated heterocycles. The van der Waals surface area contributed by atoms with Gasteiger partial charge in [0.25, 0.3) is 5.91 Å². The molecule has 110 valence electrons. The van der Waals surface area contributed by atoms with Crippen molar-refractivity contribution in [2.75, 3.05) is 19.7 Å². The summed E-state index contributed by atoms with van der Waals surface area (Å²) in [6, 6.07) is 1.63. The van der Waals surface area contributed by atoms with Crippen LogP contribution in [0.4, 0.5) is 0 Å². The zero-order chi connectivity index (χ0) is 14.7. The number of aliphatic carboxylic acids is 1. The van der Waals surface area contributed by atoms with Crippen LogP contribution in [0.3, 0.4) is 0 Å². The van der Waals surface area contributed by atoms with Crippen molar-refractivity contribution in [3.63, 3.8) is 0 Å². The number of morpholine rings is 1. The van der Waals surface area contributed by atoms with E-state index in [2.05, 4.69) is 5.16 Å². The summed E-state index contributed by atoms with van der Waals surface area (Å²) in [4.78, 5) is 24.5. The molecule has 0 saturated carbocycles. The summed E-state index contributed by atoms with van der Waals surface area (Å²) >= 11 is 0. The van der Waals surface area contributed by atoms with Crippen molar-refractivity contribution in [2.45, 2.75) is 32.3 Å². The highest BCUT2D eigenvalue weighted by Crippen LogP contribution is 2.19. The van der Waals surface area contributed by atoms with E-state index in [1.165, 1.54) is 4.90 Å². The normalized spacial score (nSPS) is 20.7. The quantitative estimate of drug-likeness (QED) is 0.889. The number of hydrogen-bond donors (Lipinski definition) is 1. The number of nitrogens with zero attached hydrogens (tertiary/aromatic N) is 2. The summed E-state index contributed by atoms with van der Waals surface area (Å²) in [5.41, 5.74) is 0.735. The predicted octanol–water partition coefficient (Wildman–Crippen LogP) is 1.11. The number of ether oxygens (including phenoxy) is 1. The Labute approximate surface area is 116 Å². The van der Waals surface area contributed by atoms with Crippen LogP contribution in [0.1, 0.15) is 42.4 Å². The molecule has 1 amide bonds. The van der Waals surface area contributed by atoms with E-state index in [9.17, 15) is 9.59 Å². The third kappa shape index (κ3) is 2.98. The van der Waals surface area contributed by atoms with Crippen molar-refractivity contribution in [1.29, 1.82) is 0 Å². The Kier molecular flexibility index (Phi) is 4.39. The summed E-state index contributed by atoms with van der Waals surface area (Å²) in [6.45, 7) is 4.60. The Morgan fingerprint density at radius 2 is 2.35 bits per heavy atom. The molecule has 7 nitrogen and oxygen atoms in total. The van der Waals surface area contributed by atoms with E-state index in [1.54, 1.807) is 6.07 Å². The van der Waals surface area contributed by atoms with Gasteiger partial charge in [-0.15, -0.1) is 0 Å². The highest BCUT2D eigenvalue weighted by atomic mass is 16.5. The van der Waals surface area contributed by atoms with Crippen LogP contribution in [0.25, 0.3) is 0 Å².